The lowest BCUT2D eigenvalue weighted by atomic mass is 10.2. The van der Waals surface area contributed by atoms with Gasteiger partial charge in [0.25, 0.3) is 0 Å². The average Bonchev–Trinajstić information content (AvgIpc) is 2.49. The maximum atomic E-state index is 13.4. The number of nitrogens with zero attached hydrogens (tertiary/aromatic N) is 1. The quantitative estimate of drug-likeness (QED) is 0.787. The molecule has 0 spiro atoms. The van der Waals surface area contributed by atoms with Crippen molar-refractivity contribution in [2.45, 2.75) is 13.0 Å². The molecule has 1 atom stereocenters. The van der Waals surface area contributed by atoms with E-state index in [4.69, 9.17) is 11.6 Å². The number of hydrogen-bond donors (Lipinski definition) is 1. The topological polar surface area (TPSA) is 24.4 Å². The van der Waals surface area contributed by atoms with Gasteiger partial charge in [0.05, 0.1) is 17.1 Å². The summed E-state index contributed by atoms with van der Waals surface area (Å²) in [6.07, 6.45) is 0. The van der Waals surface area contributed by atoms with Gasteiger partial charge < -0.3 is 5.32 Å². The van der Waals surface area contributed by atoms with Crippen molar-refractivity contribution in [3.05, 3.63) is 34.4 Å². The largest absolute Gasteiger partial charge is 0.365 e. The molecule has 80 valence electrons. The molecule has 5 heteroatoms. The molecule has 1 aromatic rings. The number of amidine groups is 1. The molecule has 2 rings (SSSR count). The minimum absolute atomic E-state index is 0.0350. The van der Waals surface area contributed by atoms with Gasteiger partial charge in [0.2, 0.25) is 0 Å². The average molecular weight is 231 g/mol. The summed E-state index contributed by atoms with van der Waals surface area (Å²) < 4.78 is 26.2. The third-order valence-electron chi connectivity index (χ3n) is 2.15. The summed E-state index contributed by atoms with van der Waals surface area (Å²) in [6, 6.07) is 2.03. The SMILES string of the molecule is CC1CN=C(c2c(F)cc(F)cc2Cl)N1. The van der Waals surface area contributed by atoms with E-state index in [9.17, 15) is 8.78 Å². The molecule has 1 N–H and O–H groups in total. The Labute approximate surface area is 91.0 Å². The Balaban J connectivity index is 2.45. The van der Waals surface area contributed by atoms with Crippen molar-refractivity contribution in [1.29, 1.82) is 0 Å². The number of hydrogen-bond acceptors (Lipinski definition) is 2. The van der Waals surface area contributed by atoms with Gasteiger partial charge in [-0.15, -0.1) is 0 Å². The van der Waals surface area contributed by atoms with E-state index < -0.39 is 11.6 Å². The first-order valence-electron chi connectivity index (χ1n) is 4.54. The fraction of sp³-hybridized carbons (Fsp3) is 0.300. The highest BCUT2D eigenvalue weighted by Crippen LogP contribution is 2.22. The van der Waals surface area contributed by atoms with Gasteiger partial charge in [0, 0.05) is 12.1 Å². The van der Waals surface area contributed by atoms with Crippen molar-refractivity contribution in [3.8, 4) is 0 Å². The van der Waals surface area contributed by atoms with Crippen molar-refractivity contribution in [2.75, 3.05) is 6.54 Å². The van der Waals surface area contributed by atoms with E-state index in [1.165, 1.54) is 0 Å². The highest BCUT2D eigenvalue weighted by atomic mass is 35.5. The van der Waals surface area contributed by atoms with Crippen LogP contribution in [0.4, 0.5) is 8.78 Å². The summed E-state index contributed by atoms with van der Waals surface area (Å²) in [5.41, 5.74) is 0.141. The van der Waals surface area contributed by atoms with Gasteiger partial charge in [-0.25, -0.2) is 8.78 Å². The normalized spacial score (nSPS) is 20.0. The van der Waals surface area contributed by atoms with Crippen molar-refractivity contribution in [1.82, 2.24) is 5.32 Å². The maximum absolute atomic E-state index is 13.4. The van der Waals surface area contributed by atoms with Gasteiger partial charge in [-0.2, -0.15) is 0 Å². The minimum atomic E-state index is -0.694. The van der Waals surface area contributed by atoms with E-state index in [0.717, 1.165) is 12.1 Å². The molecule has 15 heavy (non-hydrogen) atoms. The number of nitrogens with one attached hydrogen (secondary N) is 1. The molecule has 0 fully saturated rings. The van der Waals surface area contributed by atoms with Crippen molar-refractivity contribution in [3.63, 3.8) is 0 Å². The highest BCUT2D eigenvalue weighted by molar-refractivity contribution is 6.34. The summed E-state index contributed by atoms with van der Waals surface area (Å²) in [5.74, 6) is -0.988. The molecule has 1 aliphatic rings. The predicted octanol–water partition coefficient (Wildman–Crippen LogP) is 2.36. The van der Waals surface area contributed by atoms with Crippen molar-refractivity contribution >= 4 is 17.4 Å². The summed E-state index contributed by atoms with van der Waals surface area (Å²) in [6.45, 7) is 2.49. The second kappa shape index (κ2) is 3.77. The second-order valence-electron chi connectivity index (χ2n) is 3.48. The third-order valence-corrected chi connectivity index (χ3v) is 2.45. The fourth-order valence-corrected chi connectivity index (χ4v) is 1.76. The molecule has 0 aliphatic carbocycles. The van der Waals surface area contributed by atoms with Gasteiger partial charge >= 0.3 is 0 Å². The molecule has 1 aromatic carbocycles. The van der Waals surface area contributed by atoms with E-state index in [1.54, 1.807) is 0 Å². The zero-order chi connectivity index (χ0) is 11.0. The summed E-state index contributed by atoms with van der Waals surface area (Å²) in [7, 11) is 0. The zero-order valence-electron chi connectivity index (χ0n) is 8.02. The van der Waals surface area contributed by atoms with Crippen LogP contribution >= 0.6 is 11.6 Å². The van der Waals surface area contributed by atoms with E-state index in [2.05, 4.69) is 10.3 Å². The first kappa shape index (κ1) is 10.4. The number of rotatable bonds is 1. The monoisotopic (exact) mass is 230 g/mol. The standard InChI is InChI=1S/C10H9ClF2N2/c1-5-4-14-10(15-5)9-7(11)2-6(12)3-8(9)13/h2-3,5H,4H2,1H3,(H,14,15). The zero-order valence-corrected chi connectivity index (χ0v) is 8.78. The van der Waals surface area contributed by atoms with Crippen molar-refractivity contribution in [2.24, 2.45) is 4.99 Å². The van der Waals surface area contributed by atoms with Gasteiger partial charge in [0.15, 0.2) is 0 Å². The van der Waals surface area contributed by atoms with Crippen LogP contribution in [0.3, 0.4) is 0 Å². The van der Waals surface area contributed by atoms with Gasteiger partial charge in [-0.3, -0.25) is 4.99 Å². The van der Waals surface area contributed by atoms with Crippen LogP contribution in [-0.4, -0.2) is 18.4 Å². The molecule has 1 aliphatic heterocycles. The summed E-state index contributed by atoms with van der Waals surface area (Å²) >= 11 is 5.76. The Morgan fingerprint density at radius 1 is 1.47 bits per heavy atom. The Morgan fingerprint density at radius 3 is 2.73 bits per heavy atom. The predicted molar refractivity (Wildman–Crippen MR) is 55.4 cm³/mol. The van der Waals surface area contributed by atoms with Crippen LogP contribution in [-0.2, 0) is 0 Å². The van der Waals surface area contributed by atoms with Gasteiger partial charge in [-0.05, 0) is 13.0 Å². The molecule has 0 saturated carbocycles. The minimum Gasteiger partial charge on any atom is -0.365 e. The first-order chi connectivity index (χ1) is 7.08. The molecular formula is C10H9ClF2N2. The fourth-order valence-electron chi connectivity index (χ4n) is 1.47. The van der Waals surface area contributed by atoms with Crippen LogP contribution in [0.25, 0.3) is 0 Å². The van der Waals surface area contributed by atoms with Crippen LogP contribution < -0.4 is 5.32 Å². The van der Waals surface area contributed by atoms with E-state index in [0.29, 0.717) is 12.4 Å². The lowest BCUT2D eigenvalue weighted by molar-refractivity contribution is 0.581. The molecular weight excluding hydrogens is 222 g/mol. The molecule has 0 bridgehead atoms. The number of aliphatic imine (C=N–C) groups is 1. The lowest BCUT2D eigenvalue weighted by Crippen LogP contribution is -2.28. The second-order valence-corrected chi connectivity index (χ2v) is 3.89. The summed E-state index contributed by atoms with van der Waals surface area (Å²) in [5, 5.41) is 3.01. The first-order valence-corrected chi connectivity index (χ1v) is 4.91. The Morgan fingerprint density at radius 2 is 2.20 bits per heavy atom. The maximum Gasteiger partial charge on any atom is 0.138 e. The molecule has 2 nitrogen and oxygen atoms in total. The van der Waals surface area contributed by atoms with Gasteiger partial charge in [0.1, 0.15) is 17.5 Å². The Bertz CT molecular complexity index is 408. The Kier molecular flexibility index (Phi) is 2.61. The molecule has 1 heterocycles. The van der Waals surface area contributed by atoms with Crippen LogP contribution in [0.1, 0.15) is 12.5 Å². The van der Waals surface area contributed by atoms with E-state index in [-0.39, 0.29) is 16.6 Å². The van der Waals surface area contributed by atoms with Crippen LogP contribution in [0.2, 0.25) is 5.02 Å². The smallest absolute Gasteiger partial charge is 0.138 e. The molecule has 1 unspecified atom stereocenters. The van der Waals surface area contributed by atoms with Crippen LogP contribution in [0.5, 0.6) is 0 Å². The van der Waals surface area contributed by atoms with E-state index >= 15 is 0 Å². The molecule has 0 saturated heterocycles. The van der Waals surface area contributed by atoms with Crippen LogP contribution in [0.15, 0.2) is 17.1 Å². The highest BCUT2D eigenvalue weighted by Gasteiger charge is 2.20. The van der Waals surface area contributed by atoms with Crippen molar-refractivity contribution < 1.29 is 8.78 Å². The van der Waals surface area contributed by atoms with E-state index in [1.807, 2.05) is 6.92 Å². The summed E-state index contributed by atoms with van der Waals surface area (Å²) in [4.78, 5) is 4.10. The molecule has 0 radical (unpaired) electrons. The molecule has 0 aromatic heterocycles. The third kappa shape index (κ3) is 1.95. The Hall–Kier alpha value is -1.16. The number of halogens is 3. The van der Waals surface area contributed by atoms with Crippen LogP contribution in [0, 0.1) is 11.6 Å². The molecule has 0 amide bonds. The van der Waals surface area contributed by atoms with Gasteiger partial charge in [-0.1, -0.05) is 11.6 Å². The number of benzene rings is 1. The lowest BCUT2D eigenvalue weighted by Gasteiger charge is -2.08.